The van der Waals surface area contributed by atoms with Gasteiger partial charge in [-0.25, -0.2) is 4.79 Å². The summed E-state index contributed by atoms with van der Waals surface area (Å²) in [5.41, 5.74) is 0. The van der Waals surface area contributed by atoms with Crippen molar-refractivity contribution >= 4 is 5.97 Å². The maximum Gasteiger partial charge on any atom is 0.328 e. The van der Waals surface area contributed by atoms with E-state index in [1.54, 1.807) is 6.08 Å². The maximum absolute atomic E-state index is 10.4. The molecule has 0 aliphatic heterocycles. The highest BCUT2D eigenvalue weighted by atomic mass is 16.4. The molecule has 2 fully saturated rings. The molecule has 27 heavy (non-hydrogen) atoms. The minimum Gasteiger partial charge on any atom is -0.478 e. The van der Waals surface area contributed by atoms with Crippen molar-refractivity contribution in [1.29, 1.82) is 0 Å². The molecule has 2 saturated carbocycles. The summed E-state index contributed by atoms with van der Waals surface area (Å²) >= 11 is 0. The molecule has 0 radical (unpaired) electrons. The van der Waals surface area contributed by atoms with Gasteiger partial charge in [-0.3, -0.25) is 0 Å². The van der Waals surface area contributed by atoms with Gasteiger partial charge in [-0.15, -0.1) is 0 Å². The van der Waals surface area contributed by atoms with Gasteiger partial charge in [-0.05, 0) is 68.6 Å². The van der Waals surface area contributed by atoms with E-state index in [4.69, 9.17) is 5.11 Å². The summed E-state index contributed by atoms with van der Waals surface area (Å²) in [6.07, 6.45) is 28.2. The first-order valence-corrected chi connectivity index (χ1v) is 11.7. The molecule has 0 aromatic rings. The minimum atomic E-state index is -0.869. The number of unbranched alkanes of at least 4 members (excludes halogenated alkanes) is 4. The van der Waals surface area contributed by atoms with Crippen molar-refractivity contribution in [2.24, 2.45) is 23.7 Å². The molecular formula is C25H42O2. The third kappa shape index (κ3) is 9.12. The van der Waals surface area contributed by atoms with Crippen LogP contribution in [0.5, 0.6) is 0 Å². The molecule has 2 rings (SSSR count). The summed E-state index contributed by atoms with van der Waals surface area (Å²) in [5.74, 6) is 2.98. The average molecular weight is 375 g/mol. The SMILES string of the molecule is CCCCCCCC1CCC(C2CCC(CC=CC=CC(=O)O)CC2)CC1. The van der Waals surface area contributed by atoms with Crippen LogP contribution in [0, 0.1) is 23.7 Å². The Morgan fingerprint density at radius 1 is 0.815 bits per heavy atom. The topological polar surface area (TPSA) is 37.3 Å². The third-order valence-corrected chi connectivity index (χ3v) is 7.12. The zero-order valence-corrected chi connectivity index (χ0v) is 17.6. The van der Waals surface area contributed by atoms with E-state index in [-0.39, 0.29) is 0 Å². The molecule has 0 heterocycles. The second-order valence-electron chi connectivity index (χ2n) is 9.13. The molecular weight excluding hydrogens is 332 g/mol. The van der Waals surface area contributed by atoms with E-state index in [1.807, 2.05) is 6.08 Å². The second kappa shape index (κ2) is 13.2. The van der Waals surface area contributed by atoms with Gasteiger partial charge in [0.25, 0.3) is 0 Å². The van der Waals surface area contributed by atoms with Crippen molar-refractivity contribution in [1.82, 2.24) is 0 Å². The molecule has 2 aliphatic carbocycles. The lowest BCUT2D eigenvalue weighted by atomic mass is 9.68. The van der Waals surface area contributed by atoms with Crippen LogP contribution in [0.4, 0.5) is 0 Å². The number of aliphatic carboxylic acids is 1. The van der Waals surface area contributed by atoms with E-state index in [0.717, 1.165) is 30.1 Å². The highest BCUT2D eigenvalue weighted by molar-refractivity contribution is 5.80. The molecule has 0 saturated heterocycles. The number of carboxylic acids is 1. The van der Waals surface area contributed by atoms with Crippen LogP contribution < -0.4 is 0 Å². The van der Waals surface area contributed by atoms with Crippen LogP contribution in [-0.4, -0.2) is 11.1 Å². The maximum atomic E-state index is 10.4. The van der Waals surface area contributed by atoms with Crippen LogP contribution in [0.15, 0.2) is 24.3 Å². The molecule has 0 bridgehead atoms. The van der Waals surface area contributed by atoms with Gasteiger partial charge in [0.15, 0.2) is 0 Å². The molecule has 0 aromatic carbocycles. The Kier molecular flexibility index (Phi) is 10.9. The van der Waals surface area contributed by atoms with E-state index in [0.29, 0.717) is 0 Å². The van der Waals surface area contributed by atoms with Crippen LogP contribution in [0.2, 0.25) is 0 Å². The number of allylic oxidation sites excluding steroid dienone is 3. The Morgan fingerprint density at radius 2 is 1.41 bits per heavy atom. The lowest BCUT2D eigenvalue weighted by Crippen LogP contribution is -2.25. The van der Waals surface area contributed by atoms with Gasteiger partial charge in [-0.2, -0.15) is 0 Å². The lowest BCUT2D eigenvalue weighted by Gasteiger charge is -2.37. The number of hydrogen-bond acceptors (Lipinski definition) is 1. The third-order valence-electron chi connectivity index (χ3n) is 7.12. The molecule has 154 valence electrons. The Balaban J connectivity index is 1.56. The summed E-state index contributed by atoms with van der Waals surface area (Å²) in [4.78, 5) is 10.4. The summed E-state index contributed by atoms with van der Waals surface area (Å²) in [6.45, 7) is 2.30. The van der Waals surface area contributed by atoms with Crippen molar-refractivity contribution in [3.8, 4) is 0 Å². The average Bonchev–Trinajstić information content (AvgIpc) is 2.68. The van der Waals surface area contributed by atoms with E-state index in [1.165, 1.54) is 96.0 Å². The van der Waals surface area contributed by atoms with Crippen molar-refractivity contribution in [3.63, 3.8) is 0 Å². The zero-order chi connectivity index (χ0) is 19.3. The normalized spacial score (nSPS) is 29.5. The predicted molar refractivity (Wildman–Crippen MR) is 115 cm³/mol. The number of carboxylic acid groups (broad SMARTS) is 1. The predicted octanol–water partition coefficient (Wildman–Crippen LogP) is 7.55. The molecule has 2 heteroatoms. The van der Waals surface area contributed by atoms with Crippen molar-refractivity contribution in [3.05, 3.63) is 24.3 Å². The zero-order valence-electron chi connectivity index (χ0n) is 17.6. The van der Waals surface area contributed by atoms with E-state index >= 15 is 0 Å². The summed E-state index contributed by atoms with van der Waals surface area (Å²) in [6, 6.07) is 0. The summed E-state index contributed by atoms with van der Waals surface area (Å²) in [5, 5.41) is 8.58. The monoisotopic (exact) mass is 374 g/mol. The van der Waals surface area contributed by atoms with Gasteiger partial charge < -0.3 is 5.11 Å². The molecule has 0 spiro atoms. The molecule has 2 nitrogen and oxygen atoms in total. The van der Waals surface area contributed by atoms with Gasteiger partial charge in [-0.1, -0.05) is 76.5 Å². The summed E-state index contributed by atoms with van der Waals surface area (Å²) in [7, 11) is 0. The highest BCUT2D eigenvalue weighted by Gasteiger charge is 2.30. The van der Waals surface area contributed by atoms with Gasteiger partial charge in [0.1, 0.15) is 0 Å². The highest BCUT2D eigenvalue weighted by Crippen LogP contribution is 2.42. The largest absolute Gasteiger partial charge is 0.478 e. The first-order chi connectivity index (χ1) is 13.2. The molecule has 0 atom stereocenters. The van der Waals surface area contributed by atoms with Gasteiger partial charge in [0.2, 0.25) is 0 Å². The van der Waals surface area contributed by atoms with E-state index < -0.39 is 5.97 Å². The minimum absolute atomic E-state index is 0.815. The van der Waals surface area contributed by atoms with Crippen LogP contribution in [0.3, 0.4) is 0 Å². The fraction of sp³-hybridized carbons (Fsp3) is 0.800. The fourth-order valence-electron chi connectivity index (χ4n) is 5.37. The molecule has 2 aliphatic rings. The van der Waals surface area contributed by atoms with Gasteiger partial charge >= 0.3 is 5.97 Å². The second-order valence-corrected chi connectivity index (χ2v) is 9.13. The van der Waals surface area contributed by atoms with E-state index in [9.17, 15) is 4.79 Å². The molecule has 0 amide bonds. The Labute approximate surface area is 167 Å². The fourth-order valence-corrected chi connectivity index (χ4v) is 5.37. The molecule has 1 N–H and O–H groups in total. The van der Waals surface area contributed by atoms with Crippen molar-refractivity contribution in [2.45, 2.75) is 103 Å². The Hall–Kier alpha value is -1.05. The number of rotatable bonds is 11. The molecule has 0 aromatic heterocycles. The van der Waals surface area contributed by atoms with Crippen molar-refractivity contribution < 1.29 is 9.90 Å². The first kappa shape index (κ1) is 22.2. The quantitative estimate of drug-likeness (QED) is 0.230. The van der Waals surface area contributed by atoms with Crippen LogP contribution in [-0.2, 0) is 4.79 Å². The number of carbonyl (C=O) groups is 1. The van der Waals surface area contributed by atoms with Gasteiger partial charge in [0, 0.05) is 6.08 Å². The molecule has 0 unspecified atom stereocenters. The van der Waals surface area contributed by atoms with Crippen molar-refractivity contribution in [2.75, 3.05) is 0 Å². The Bertz CT molecular complexity index is 449. The Morgan fingerprint density at radius 3 is 2.00 bits per heavy atom. The van der Waals surface area contributed by atoms with Crippen LogP contribution in [0.25, 0.3) is 0 Å². The standard InChI is InChI=1S/C25H42O2/c1-2-3-4-5-7-10-21-13-17-23(18-14-21)24-19-15-22(16-20-24)11-8-6-9-12-25(26)27/h6,8-9,12,21-24H,2-5,7,10-11,13-20H2,1H3,(H,26,27). The van der Waals surface area contributed by atoms with Crippen LogP contribution in [0.1, 0.15) is 103 Å². The number of hydrogen-bond donors (Lipinski definition) is 1. The summed E-state index contributed by atoms with van der Waals surface area (Å²) < 4.78 is 0. The lowest BCUT2D eigenvalue weighted by molar-refractivity contribution is -0.131. The van der Waals surface area contributed by atoms with Crippen LogP contribution >= 0.6 is 0 Å². The first-order valence-electron chi connectivity index (χ1n) is 11.7. The van der Waals surface area contributed by atoms with E-state index in [2.05, 4.69) is 13.0 Å². The van der Waals surface area contributed by atoms with Gasteiger partial charge in [0.05, 0.1) is 0 Å². The smallest absolute Gasteiger partial charge is 0.328 e.